The first-order valence-electron chi connectivity index (χ1n) is 6.35. The summed E-state index contributed by atoms with van der Waals surface area (Å²) in [5.74, 6) is -0.893. The van der Waals surface area contributed by atoms with Crippen molar-refractivity contribution in [1.29, 1.82) is 0 Å². The summed E-state index contributed by atoms with van der Waals surface area (Å²) in [6, 6.07) is 2.33. The molecule has 1 aliphatic rings. The number of nitrogens with zero attached hydrogens (tertiary/aromatic N) is 2. The molecule has 0 radical (unpaired) electrons. The van der Waals surface area contributed by atoms with E-state index in [-0.39, 0.29) is 10.2 Å². The molecule has 2 rings (SSSR count). The number of hydrogen-bond donors (Lipinski definition) is 1. The maximum Gasteiger partial charge on any atom is 0.147 e. The molecule has 0 atom stereocenters. The maximum atomic E-state index is 13.6. The summed E-state index contributed by atoms with van der Waals surface area (Å²) in [4.78, 5) is 4.60. The van der Waals surface area contributed by atoms with Gasteiger partial charge in [0.2, 0.25) is 0 Å². The molecule has 0 saturated carbocycles. The number of nitrogens with one attached hydrogen (secondary N) is 1. The van der Waals surface area contributed by atoms with Gasteiger partial charge in [0, 0.05) is 45.3 Å². The minimum absolute atomic E-state index is 0.148. The SMILES string of the molecule is CN1CCN(CCNc2cc(F)c(Br)cc2F)CC1. The van der Waals surface area contributed by atoms with E-state index >= 15 is 0 Å². The second kappa shape index (κ2) is 6.63. The van der Waals surface area contributed by atoms with Gasteiger partial charge < -0.3 is 10.2 Å². The Morgan fingerprint density at radius 1 is 1.16 bits per heavy atom. The molecule has 0 aliphatic carbocycles. The van der Waals surface area contributed by atoms with E-state index in [1.807, 2.05) is 0 Å². The highest BCUT2D eigenvalue weighted by Crippen LogP contribution is 2.23. The van der Waals surface area contributed by atoms with Gasteiger partial charge in [0.05, 0.1) is 10.2 Å². The first-order chi connectivity index (χ1) is 9.06. The van der Waals surface area contributed by atoms with E-state index < -0.39 is 11.6 Å². The Hall–Kier alpha value is -0.720. The Morgan fingerprint density at radius 2 is 1.84 bits per heavy atom. The van der Waals surface area contributed by atoms with Gasteiger partial charge in [0.15, 0.2) is 0 Å². The van der Waals surface area contributed by atoms with Crippen LogP contribution in [0, 0.1) is 11.6 Å². The van der Waals surface area contributed by atoms with Crippen molar-refractivity contribution in [2.75, 3.05) is 51.6 Å². The van der Waals surface area contributed by atoms with Crippen molar-refractivity contribution in [2.24, 2.45) is 0 Å². The van der Waals surface area contributed by atoms with Gasteiger partial charge in [0.1, 0.15) is 11.6 Å². The summed E-state index contributed by atoms with van der Waals surface area (Å²) in [5.41, 5.74) is 0.217. The quantitative estimate of drug-likeness (QED) is 0.853. The molecule has 106 valence electrons. The highest BCUT2D eigenvalue weighted by molar-refractivity contribution is 9.10. The van der Waals surface area contributed by atoms with Gasteiger partial charge in [-0.1, -0.05) is 0 Å². The second-order valence-electron chi connectivity index (χ2n) is 4.82. The van der Waals surface area contributed by atoms with Crippen LogP contribution in [0.4, 0.5) is 14.5 Å². The molecular weight excluding hydrogens is 316 g/mol. The minimum atomic E-state index is -0.455. The van der Waals surface area contributed by atoms with Gasteiger partial charge in [-0.15, -0.1) is 0 Å². The van der Waals surface area contributed by atoms with Crippen LogP contribution < -0.4 is 5.32 Å². The molecule has 0 aromatic heterocycles. The summed E-state index contributed by atoms with van der Waals surface area (Å²) in [7, 11) is 2.11. The molecule has 1 N–H and O–H groups in total. The third-order valence-electron chi connectivity index (χ3n) is 3.35. The maximum absolute atomic E-state index is 13.6. The number of anilines is 1. The second-order valence-corrected chi connectivity index (χ2v) is 5.67. The van der Waals surface area contributed by atoms with Crippen molar-refractivity contribution in [3.63, 3.8) is 0 Å². The van der Waals surface area contributed by atoms with Crippen LogP contribution in [0.15, 0.2) is 16.6 Å². The number of hydrogen-bond acceptors (Lipinski definition) is 3. The lowest BCUT2D eigenvalue weighted by Gasteiger charge is -2.32. The Bertz CT molecular complexity index is 434. The zero-order valence-corrected chi connectivity index (χ0v) is 12.5. The summed E-state index contributed by atoms with van der Waals surface area (Å²) in [5, 5.41) is 2.95. The average molecular weight is 334 g/mol. The zero-order valence-electron chi connectivity index (χ0n) is 10.9. The lowest BCUT2D eigenvalue weighted by molar-refractivity contribution is 0.158. The van der Waals surface area contributed by atoms with Gasteiger partial charge in [0.25, 0.3) is 0 Å². The van der Waals surface area contributed by atoms with E-state index in [0.717, 1.165) is 38.8 Å². The van der Waals surface area contributed by atoms with Gasteiger partial charge in [-0.25, -0.2) is 8.78 Å². The number of likely N-dealkylation sites (N-methyl/N-ethyl adjacent to an activating group) is 1. The number of halogens is 3. The van der Waals surface area contributed by atoms with Crippen molar-refractivity contribution in [2.45, 2.75) is 0 Å². The summed E-state index contributed by atoms with van der Waals surface area (Å²) >= 11 is 2.96. The molecule has 19 heavy (non-hydrogen) atoms. The molecule has 1 aliphatic heterocycles. The van der Waals surface area contributed by atoms with Crippen LogP contribution in [-0.4, -0.2) is 56.1 Å². The van der Waals surface area contributed by atoms with Crippen molar-refractivity contribution < 1.29 is 8.78 Å². The molecule has 1 aromatic carbocycles. The third-order valence-corrected chi connectivity index (χ3v) is 3.96. The average Bonchev–Trinajstić information content (AvgIpc) is 2.38. The molecule has 1 aromatic rings. The summed E-state index contributed by atoms with van der Waals surface area (Å²) in [6.45, 7) is 5.61. The fraction of sp³-hybridized carbons (Fsp3) is 0.538. The van der Waals surface area contributed by atoms with Gasteiger partial charge in [-0.2, -0.15) is 0 Å². The highest BCUT2D eigenvalue weighted by Gasteiger charge is 2.13. The highest BCUT2D eigenvalue weighted by atomic mass is 79.9. The molecule has 1 saturated heterocycles. The van der Waals surface area contributed by atoms with E-state index in [0.29, 0.717) is 6.54 Å². The van der Waals surface area contributed by atoms with Crippen molar-refractivity contribution in [1.82, 2.24) is 9.80 Å². The number of rotatable bonds is 4. The van der Waals surface area contributed by atoms with Crippen molar-refractivity contribution >= 4 is 21.6 Å². The van der Waals surface area contributed by atoms with Gasteiger partial charge in [-0.05, 0) is 29.0 Å². The van der Waals surface area contributed by atoms with Crippen LogP contribution in [0.1, 0.15) is 0 Å². The standard InChI is InChI=1S/C13H18BrF2N3/c1-18-4-6-19(7-5-18)3-2-17-13-9-11(15)10(14)8-12(13)16/h8-9,17H,2-7H2,1H3. The number of benzene rings is 1. The molecule has 3 nitrogen and oxygen atoms in total. The van der Waals surface area contributed by atoms with E-state index in [9.17, 15) is 8.78 Å². The Labute approximate surface area is 120 Å². The van der Waals surface area contributed by atoms with Crippen LogP contribution in [0.5, 0.6) is 0 Å². The molecule has 0 bridgehead atoms. The van der Waals surface area contributed by atoms with E-state index in [1.54, 1.807) is 0 Å². The third kappa shape index (κ3) is 4.12. The number of piperazine rings is 1. The predicted octanol–water partition coefficient (Wildman–Crippen LogP) is 2.39. The molecule has 1 fully saturated rings. The minimum Gasteiger partial charge on any atom is -0.381 e. The predicted molar refractivity (Wildman–Crippen MR) is 76.5 cm³/mol. The smallest absolute Gasteiger partial charge is 0.147 e. The first kappa shape index (κ1) is 14.7. The molecule has 0 unspecified atom stereocenters. The van der Waals surface area contributed by atoms with Crippen LogP contribution >= 0.6 is 15.9 Å². The Morgan fingerprint density at radius 3 is 2.53 bits per heavy atom. The Kier molecular flexibility index (Phi) is 5.13. The lowest BCUT2D eigenvalue weighted by atomic mass is 10.3. The lowest BCUT2D eigenvalue weighted by Crippen LogP contribution is -2.45. The monoisotopic (exact) mass is 333 g/mol. The molecule has 0 spiro atoms. The zero-order chi connectivity index (χ0) is 13.8. The normalized spacial score (nSPS) is 17.7. The van der Waals surface area contributed by atoms with Crippen LogP contribution in [0.3, 0.4) is 0 Å². The van der Waals surface area contributed by atoms with E-state index in [2.05, 4.69) is 38.1 Å². The molecular formula is C13H18BrF2N3. The van der Waals surface area contributed by atoms with E-state index in [1.165, 1.54) is 6.07 Å². The van der Waals surface area contributed by atoms with Gasteiger partial charge >= 0.3 is 0 Å². The summed E-state index contributed by atoms with van der Waals surface area (Å²) < 4.78 is 27.0. The van der Waals surface area contributed by atoms with Crippen molar-refractivity contribution in [3.8, 4) is 0 Å². The Balaban J connectivity index is 1.81. The topological polar surface area (TPSA) is 18.5 Å². The van der Waals surface area contributed by atoms with Crippen LogP contribution in [0.25, 0.3) is 0 Å². The van der Waals surface area contributed by atoms with E-state index in [4.69, 9.17) is 0 Å². The molecule has 6 heteroatoms. The van der Waals surface area contributed by atoms with Crippen LogP contribution in [0.2, 0.25) is 0 Å². The van der Waals surface area contributed by atoms with Crippen molar-refractivity contribution in [3.05, 3.63) is 28.2 Å². The largest absolute Gasteiger partial charge is 0.381 e. The van der Waals surface area contributed by atoms with Crippen LogP contribution in [-0.2, 0) is 0 Å². The summed E-state index contributed by atoms with van der Waals surface area (Å²) in [6.07, 6.45) is 0. The molecule has 1 heterocycles. The first-order valence-corrected chi connectivity index (χ1v) is 7.15. The fourth-order valence-electron chi connectivity index (χ4n) is 2.08. The van der Waals surface area contributed by atoms with Gasteiger partial charge in [-0.3, -0.25) is 4.90 Å². The molecule has 0 amide bonds. The fourth-order valence-corrected chi connectivity index (χ4v) is 2.39.